The molecule has 0 fully saturated rings. The third kappa shape index (κ3) is 3.40. The maximum absolute atomic E-state index is 11.2. The van der Waals surface area contributed by atoms with Gasteiger partial charge in [0.05, 0.1) is 15.9 Å². The summed E-state index contributed by atoms with van der Waals surface area (Å²) in [4.78, 5) is 22.5. The lowest BCUT2D eigenvalue weighted by atomic mass is 10.1. The van der Waals surface area contributed by atoms with Gasteiger partial charge in [-0.3, -0.25) is 20.2 Å². The Morgan fingerprint density at radius 2 is 1.95 bits per heavy atom. The number of benzene rings is 1. The minimum absolute atomic E-state index is 0.0229. The minimum atomic E-state index is -0.633. The highest BCUT2D eigenvalue weighted by Gasteiger charge is 2.24. The molecule has 116 valence electrons. The molecule has 22 heavy (non-hydrogen) atoms. The summed E-state index contributed by atoms with van der Waals surface area (Å²) in [6.45, 7) is 1.96. The van der Waals surface area contributed by atoms with Crippen LogP contribution in [0.15, 0.2) is 35.0 Å². The maximum atomic E-state index is 11.2. The number of nitro benzene ring substituents is 2. The van der Waals surface area contributed by atoms with Gasteiger partial charge in [0.25, 0.3) is 11.4 Å². The third-order valence-electron chi connectivity index (χ3n) is 3.52. The van der Waals surface area contributed by atoms with E-state index in [1.165, 1.54) is 12.1 Å². The Balaban J connectivity index is 2.29. The van der Waals surface area contributed by atoms with E-state index in [4.69, 9.17) is 0 Å². The summed E-state index contributed by atoms with van der Waals surface area (Å²) in [6.07, 6.45) is 0.744. The summed E-state index contributed by atoms with van der Waals surface area (Å²) in [5, 5.41) is 26.0. The number of thiophene rings is 1. The normalized spacial score (nSPS) is 11.9. The van der Waals surface area contributed by atoms with Crippen LogP contribution in [-0.4, -0.2) is 22.9 Å². The molecule has 7 nitrogen and oxygen atoms in total. The Hall–Kier alpha value is -2.48. The second kappa shape index (κ2) is 6.52. The molecule has 0 saturated heterocycles. The molecule has 0 aliphatic rings. The summed E-state index contributed by atoms with van der Waals surface area (Å²) >= 11 is 1.60. The van der Waals surface area contributed by atoms with Gasteiger partial charge in [-0.2, -0.15) is 11.3 Å². The monoisotopic (exact) mass is 321 g/mol. The van der Waals surface area contributed by atoms with Gasteiger partial charge in [0, 0.05) is 19.2 Å². The predicted molar refractivity (Wildman–Crippen MR) is 85.6 cm³/mol. The number of likely N-dealkylation sites (N-methyl/N-ethyl adjacent to an activating group) is 1. The fourth-order valence-corrected chi connectivity index (χ4v) is 2.88. The van der Waals surface area contributed by atoms with Gasteiger partial charge < -0.3 is 4.90 Å². The number of rotatable bonds is 6. The molecule has 0 N–H and O–H groups in total. The zero-order valence-corrected chi connectivity index (χ0v) is 12.9. The molecule has 1 aromatic heterocycles. The zero-order chi connectivity index (χ0) is 16.3. The van der Waals surface area contributed by atoms with E-state index in [0.717, 1.165) is 18.1 Å². The van der Waals surface area contributed by atoms with Crippen molar-refractivity contribution in [1.29, 1.82) is 0 Å². The van der Waals surface area contributed by atoms with Crippen molar-refractivity contribution in [2.24, 2.45) is 0 Å². The minimum Gasteiger partial charge on any atom is -0.366 e. The molecule has 1 atom stereocenters. The van der Waals surface area contributed by atoms with Gasteiger partial charge in [-0.25, -0.2) is 0 Å². The van der Waals surface area contributed by atoms with Crippen molar-refractivity contribution in [2.75, 3.05) is 11.9 Å². The van der Waals surface area contributed by atoms with Gasteiger partial charge in [-0.05, 0) is 41.8 Å². The largest absolute Gasteiger partial charge is 0.366 e. The first-order valence-corrected chi connectivity index (χ1v) is 7.51. The first kappa shape index (κ1) is 15.9. The van der Waals surface area contributed by atoms with E-state index in [-0.39, 0.29) is 17.4 Å². The Morgan fingerprint density at radius 1 is 1.23 bits per heavy atom. The molecule has 8 heteroatoms. The molecule has 1 aromatic carbocycles. The Labute approximate surface area is 131 Å². The average molecular weight is 321 g/mol. The maximum Gasteiger partial charge on any atom is 0.299 e. The highest BCUT2D eigenvalue weighted by Crippen LogP contribution is 2.32. The van der Waals surface area contributed by atoms with Crippen LogP contribution >= 0.6 is 11.3 Å². The number of nitrogens with zero attached hydrogens (tertiary/aromatic N) is 3. The van der Waals surface area contributed by atoms with Crippen LogP contribution in [0.2, 0.25) is 0 Å². The molecular formula is C14H15N3O4S. The first-order chi connectivity index (χ1) is 10.4. The van der Waals surface area contributed by atoms with Gasteiger partial charge in [0.1, 0.15) is 5.69 Å². The summed E-state index contributed by atoms with van der Waals surface area (Å²) in [5.74, 6) is 0. The van der Waals surface area contributed by atoms with Crippen LogP contribution in [0.1, 0.15) is 12.5 Å². The lowest BCUT2D eigenvalue weighted by molar-refractivity contribution is -0.393. The predicted octanol–water partition coefficient (Wildman–Crippen LogP) is 3.63. The van der Waals surface area contributed by atoms with Crippen molar-refractivity contribution < 1.29 is 9.85 Å². The summed E-state index contributed by atoms with van der Waals surface area (Å²) in [7, 11) is 1.76. The van der Waals surface area contributed by atoms with Crippen molar-refractivity contribution in [3.63, 3.8) is 0 Å². The molecule has 1 unspecified atom stereocenters. The summed E-state index contributed by atoms with van der Waals surface area (Å²) < 4.78 is 0. The van der Waals surface area contributed by atoms with Crippen molar-refractivity contribution in [3.05, 3.63) is 60.8 Å². The third-order valence-corrected chi connectivity index (χ3v) is 4.25. The van der Waals surface area contributed by atoms with Crippen LogP contribution < -0.4 is 4.90 Å². The number of non-ortho nitro benzene ring substituents is 1. The van der Waals surface area contributed by atoms with Crippen LogP contribution in [0.25, 0.3) is 0 Å². The second-order valence-corrected chi connectivity index (χ2v) is 5.76. The molecule has 0 amide bonds. The number of anilines is 1. The van der Waals surface area contributed by atoms with Crippen molar-refractivity contribution in [2.45, 2.75) is 19.4 Å². The Bertz CT molecular complexity index is 687. The highest BCUT2D eigenvalue weighted by atomic mass is 32.1. The van der Waals surface area contributed by atoms with Gasteiger partial charge >= 0.3 is 0 Å². The van der Waals surface area contributed by atoms with Gasteiger partial charge in [0.2, 0.25) is 0 Å². The smallest absolute Gasteiger partial charge is 0.299 e. The van der Waals surface area contributed by atoms with Crippen LogP contribution in [0, 0.1) is 20.2 Å². The first-order valence-electron chi connectivity index (χ1n) is 6.57. The molecular weight excluding hydrogens is 306 g/mol. The van der Waals surface area contributed by atoms with E-state index < -0.39 is 9.85 Å². The standard InChI is InChI=1S/C14H15N3O4S/c1-10(7-11-5-6-22-9-11)15(2)13-4-3-12(16(18)19)8-14(13)17(20)21/h3-6,8-10H,7H2,1-2H3. The number of hydrogen-bond acceptors (Lipinski definition) is 6. The van der Waals surface area contributed by atoms with E-state index in [1.807, 2.05) is 23.8 Å². The average Bonchev–Trinajstić information content (AvgIpc) is 2.98. The lowest BCUT2D eigenvalue weighted by Gasteiger charge is -2.26. The van der Waals surface area contributed by atoms with Crippen molar-refractivity contribution in [3.8, 4) is 0 Å². The molecule has 0 aliphatic carbocycles. The molecule has 2 aromatic rings. The van der Waals surface area contributed by atoms with Gasteiger partial charge in [0.15, 0.2) is 0 Å². The number of hydrogen-bond donors (Lipinski definition) is 0. The van der Waals surface area contributed by atoms with Crippen LogP contribution in [0.4, 0.5) is 17.1 Å². The quantitative estimate of drug-likeness (QED) is 0.598. The molecule has 2 rings (SSSR count). The van der Waals surface area contributed by atoms with Gasteiger partial charge in [-0.15, -0.1) is 0 Å². The molecule has 0 saturated carbocycles. The lowest BCUT2D eigenvalue weighted by Crippen LogP contribution is -2.31. The molecule has 0 radical (unpaired) electrons. The SMILES string of the molecule is CC(Cc1ccsc1)N(C)c1ccc([N+](=O)[O-])cc1[N+](=O)[O-]. The van der Waals surface area contributed by atoms with Crippen LogP contribution in [0.5, 0.6) is 0 Å². The second-order valence-electron chi connectivity index (χ2n) is 4.98. The fourth-order valence-electron chi connectivity index (χ4n) is 2.19. The fraction of sp³-hybridized carbons (Fsp3) is 0.286. The Morgan fingerprint density at radius 3 is 2.50 bits per heavy atom. The van der Waals surface area contributed by atoms with E-state index in [2.05, 4.69) is 0 Å². The van der Waals surface area contributed by atoms with Crippen LogP contribution in [-0.2, 0) is 6.42 Å². The van der Waals surface area contributed by atoms with Crippen molar-refractivity contribution >= 4 is 28.4 Å². The zero-order valence-electron chi connectivity index (χ0n) is 12.1. The van der Waals surface area contributed by atoms with E-state index in [0.29, 0.717) is 5.69 Å². The summed E-state index contributed by atoms with van der Waals surface area (Å²) in [5.41, 5.74) is 0.996. The molecule has 0 aliphatic heterocycles. The summed E-state index contributed by atoms with van der Waals surface area (Å²) in [6, 6.07) is 5.76. The highest BCUT2D eigenvalue weighted by molar-refractivity contribution is 7.07. The topological polar surface area (TPSA) is 89.5 Å². The van der Waals surface area contributed by atoms with E-state index in [9.17, 15) is 20.2 Å². The molecule has 0 spiro atoms. The molecule has 0 bridgehead atoms. The Kier molecular flexibility index (Phi) is 4.71. The molecule has 1 heterocycles. The van der Waals surface area contributed by atoms with E-state index in [1.54, 1.807) is 23.3 Å². The van der Waals surface area contributed by atoms with Crippen molar-refractivity contribution in [1.82, 2.24) is 0 Å². The van der Waals surface area contributed by atoms with Crippen LogP contribution in [0.3, 0.4) is 0 Å². The van der Waals surface area contributed by atoms with E-state index >= 15 is 0 Å². The number of nitro groups is 2. The van der Waals surface area contributed by atoms with Gasteiger partial charge in [-0.1, -0.05) is 0 Å².